The zero-order valence-electron chi connectivity index (χ0n) is 26.4. The van der Waals surface area contributed by atoms with Gasteiger partial charge in [0, 0.05) is 35.8 Å². The molecule has 2 N–H and O–H groups in total. The Bertz CT molecular complexity index is 2280. The highest BCUT2D eigenvalue weighted by Gasteiger charge is 2.27. The number of para-hydroxylation sites is 1. The Morgan fingerprint density at radius 3 is 2.24 bits per heavy atom. The minimum absolute atomic E-state index is 0.280. The van der Waals surface area contributed by atoms with E-state index in [0.717, 1.165) is 40.1 Å². The van der Waals surface area contributed by atoms with E-state index in [1.165, 1.54) is 40.2 Å². The van der Waals surface area contributed by atoms with Crippen LogP contribution in [0.4, 0.5) is 19.3 Å². The Morgan fingerprint density at radius 1 is 0.837 bits per heavy atom. The molecule has 1 aliphatic heterocycles. The SMILES string of the molecule is CONC(=O)Nc1ccc(-c2sc3c(c2CN2CCc4ccccc4C2)c(=O)n(-c2ccccc2)c(=O)n3Cc2c(F)cccc2F)cc1. The van der Waals surface area contributed by atoms with Crippen molar-refractivity contribution < 1.29 is 18.4 Å². The monoisotopic (exact) mass is 679 g/mol. The number of nitrogens with zero attached hydrogens (tertiary/aromatic N) is 3. The third kappa shape index (κ3) is 6.29. The number of benzene rings is 4. The van der Waals surface area contributed by atoms with Crippen molar-refractivity contribution in [1.29, 1.82) is 0 Å². The molecule has 9 nitrogen and oxygen atoms in total. The van der Waals surface area contributed by atoms with Crippen molar-refractivity contribution in [2.45, 2.75) is 26.1 Å². The van der Waals surface area contributed by atoms with Gasteiger partial charge in [0.15, 0.2) is 0 Å². The molecular formula is C37H31F2N5O4S. The van der Waals surface area contributed by atoms with Crippen molar-refractivity contribution in [3.63, 3.8) is 0 Å². The first-order valence-corrected chi connectivity index (χ1v) is 16.4. The molecule has 0 unspecified atom stereocenters. The molecule has 2 amide bonds. The Hall–Kier alpha value is -5.43. The van der Waals surface area contributed by atoms with Crippen molar-refractivity contribution >= 4 is 33.3 Å². The molecule has 12 heteroatoms. The number of halogens is 2. The predicted octanol–water partition coefficient (Wildman–Crippen LogP) is 6.45. The third-order valence-corrected chi connectivity index (χ3v) is 9.96. The summed E-state index contributed by atoms with van der Waals surface area (Å²) < 4.78 is 32.5. The number of hydrogen-bond acceptors (Lipinski definition) is 6. The summed E-state index contributed by atoms with van der Waals surface area (Å²) in [7, 11) is 1.33. The van der Waals surface area contributed by atoms with Crippen LogP contribution >= 0.6 is 11.3 Å². The lowest BCUT2D eigenvalue weighted by molar-refractivity contribution is 0.114. The molecule has 4 aromatic carbocycles. The molecule has 0 bridgehead atoms. The minimum Gasteiger partial charge on any atom is -0.306 e. The first kappa shape index (κ1) is 32.1. The highest BCUT2D eigenvalue weighted by atomic mass is 32.1. The van der Waals surface area contributed by atoms with Gasteiger partial charge in [-0.1, -0.05) is 60.7 Å². The van der Waals surface area contributed by atoms with Gasteiger partial charge < -0.3 is 5.32 Å². The summed E-state index contributed by atoms with van der Waals surface area (Å²) in [5.74, 6) is -1.58. The van der Waals surface area contributed by atoms with E-state index >= 15 is 8.78 Å². The third-order valence-electron chi connectivity index (χ3n) is 8.66. The summed E-state index contributed by atoms with van der Waals surface area (Å²) in [5, 5.41) is 2.98. The topological polar surface area (TPSA) is 97.6 Å². The number of hydroxylamine groups is 1. The molecule has 0 atom stereocenters. The molecule has 3 heterocycles. The molecule has 7 rings (SSSR count). The molecule has 1 aliphatic rings. The molecule has 0 saturated heterocycles. The van der Waals surface area contributed by atoms with Crippen molar-refractivity contribution in [1.82, 2.24) is 19.5 Å². The van der Waals surface area contributed by atoms with E-state index in [2.05, 4.69) is 32.7 Å². The molecule has 248 valence electrons. The summed E-state index contributed by atoms with van der Waals surface area (Å²) in [4.78, 5) is 48.8. The Kier molecular flexibility index (Phi) is 8.91. The van der Waals surface area contributed by atoms with Gasteiger partial charge in [-0.3, -0.25) is 19.1 Å². The summed E-state index contributed by atoms with van der Waals surface area (Å²) >= 11 is 1.23. The van der Waals surface area contributed by atoms with Crippen LogP contribution in [0.25, 0.3) is 26.3 Å². The molecule has 0 aliphatic carbocycles. The van der Waals surface area contributed by atoms with Gasteiger partial charge in [0.1, 0.15) is 16.5 Å². The number of aromatic nitrogens is 2. The second-order valence-corrected chi connectivity index (χ2v) is 12.7. The zero-order chi connectivity index (χ0) is 34.1. The highest BCUT2D eigenvalue weighted by molar-refractivity contribution is 7.22. The number of hydrogen-bond donors (Lipinski definition) is 2. The number of carbonyl (C=O) groups is 1. The van der Waals surface area contributed by atoms with Crippen molar-refractivity contribution in [3.05, 3.63) is 152 Å². The number of thiophene rings is 1. The molecule has 6 aromatic rings. The second kappa shape index (κ2) is 13.6. The minimum atomic E-state index is -0.790. The van der Waals surface area contributed by atoms with E-state index in [0.29, 0.717) is 40.2 Å². The van der Waals surface area contributed by atoms with Crippen LogP contribution in [0, 0.1) is 11.6 Å². The summed E-state index contributed by atoms with van der Waals surface area (Å²) in [6.45, 7) is 1.38. The zero-order valence-corrected chi connectivity index (χ0v) is 27.2. The van der Waals surface area contributed by atoms with Gasteiger partial charge in [-0.2, -0.15) is 0 Å². The fourth-order valence-electron chi connectivity index (χ4n) is 6.31. The number of urea groups is 1. The van der Waals surface area contributed by atoms with E-state index in [9.17, 15) is 14.4 Å². The summed E-state index contributed by atoms with van der Waals surface area (Å²) in [5.41, 5.74) is 5.49. The maximum absolute atomic E-state index is 15.1. The van der Waals surface area contributed by atoms with Gasteiger partial charge in [0.2, 0.25) is 0 Å². The highest BCUT2D eigenvalue weighted by Crippen LogP contribution is 2.39. The normalized spacial score (nSPS) is 13.0. The largest absolute Gasteiger partial charge is 0.343 e. The summed E-state index contributed by atoms with van der Waals surface area (Å²) in [6.07, 6.45) is 0.836. The lowest BCUT2D eigenvalue weighted by Crippen LogP contribution is -2.39. The van der Waals surface area contributed by atoms with Crippen LogP contribution in [0.2, 0.25) is 0 Å². The van der Waals surface area contributed by atoms with Crippen molar-refractivity contribution in [2.75, 3.05) is 19.0 Å². The molecule has 0 radical (unpaired) electrons. The number of nitrogens with one attached hydrogen (secondary N) is 2. The lowest BCUT2D eigenvalue weighted by Gasteiger charge is -2.29. The Balaban J connectivity index is 1.45. The van der Waals surface area contributed by atoms with E-state index in [1.807, 2.05) is 24.3 Å². The summed E-state index contributed by atoms with van der Waals surface area (Å²) in [6, 6.07) is 26.9. The number of rotatable bonds is 8. The maximum Gasteiger partial charge on any atom is 0.343 e. The van der Waals surface area contributed by atoms with Gasteiger partial charge in [-0.15, -0.1) is 11.3 Å². The van der Waals surface area contributed by atoms with Crippen LogP contribution in [-0.2, 0) is 30.9 Å². The molecular weight excluding hydrogens is 649 g/mol. The lowest BCUT2D eigenvalue weighted by atomic mass is 9.99. The first-order chi connectivity index (χ1) is 23.8. The number of carbonyl (C=O) groups excluding carboxylic acids is 1. The van der Waals surface area contributed by atoms with Crippen LogP contribution in [-0.4, -0.2) is 33.7 Å². The fourth-order valence-corrected chi connectivity index (χ4v) is 7.61. The van der Waals surface area contributed by atoms with E-state index in [4.69, 9.17) is 0 Å². The molecule has 0 fully saturated rings. The quantitative estimate of drug-likeness (QED) is 0.180. The van der Waals surface area contributed by atoms with E-state index < -0.39 is 35.5 Å². The van der Waals surface area contributed by atoms with Gasteiger partial charge in [-0.25, -0.2) is 28.4 Å². The smallest absolute Gasteiger partial charge is 0.306 e. The standard InChI is InChI=1S/C37H31F2N5O4S/c1-48-41-36(46)40-26-16-14-24(15-17-26)33-29(21-42-19-18-23-8-5-6-9-25(23)20-42)32-34(45)44(27-10-3-2-4-11-27)37(47)43(35(32)49-33)22-28-30(38)12-7-13-31(28)39/h2-17H,18-22H2,1H3,(H2,40,41,46). The Labute approximate surface area is 283 Å². The Morgan fingerprint density at radius 2 is 1.53 bits per heavy atom. The number of amides is 2. The molecule has 49 heavy (non-hydrogen) atoms. The average Bonchev–Trinajstić information content (AvgIpc) is 3.47. The van der Waals surface area contributed by atoms with Gasteiger partial charge >= 0.3 is 11.7 Å². The molecule has 0 saturated carbocycles. The fraction of sp³-hybridized carbons (Fsp3) is 0.162. The average molecular weight is 680 g/mol. The van der Waals surface area contributed by atoms with Gasteiger partial charge in [-0.05, 0) is 65.1 Å². The first-order valence-electron chi connectivity index (χ1n) is 15.6. The van der Waals surface area contributed by atoms with Crippen LogP contribution in [0.3, 0.4) is 0 Å². The van der Waals surface area contributed by atoms with E-state index in [1.54, 1.807) is 42.5 Å². The van der Waals surface area contributed by atoms with Crippen LogP contribution in [0.5, 0.6) is 0 Å². The maximum atomic E-state index is 15.1. The second-order valence-electron chi connectivity index (χ2n) is 11.7. The van der Waals surface area contributed by atoms with Crippen LogP contribution < -0.4 is 22.0 Å². The van der Waals surface area contributed by atoms with Crippen molar-refractivity contribution in [3.8, 4) is 16.1 Å². The van der Waals surface area contributed by atoms with Crippen molar-refractivity contribution in [2.24, 2.45) is 0 Å². The number of fused-ring (bicyclic) bond motifs is 2. The van der Waals surface area contributed by atoms with Gasteiger partial charge in [0.25, 0.3) is 5.56 Å². The number of anilines is 1. The van der Waals surface area contributed by atoms with Crippen LogP contribution in [0.15, 0.2) is 107 Å². The van der Waals surface area contributed by atoms with Crippen LogP contribution in [0.1, 0.15) is 22.3 Å². The molecule has 2 aromatic heterocycles. The van der Waals surface area contributed by atoms with E-state index in [-0.39, 0.29) is 5.56 Å². The van der Waals surface area contributed by atoms with Gasteiger partial charge in [0.05, 0.1) is 24.7 Å². The predicted molar refractivity (Wildman–Crippen MR) is 186 cm³/mol. The molecule has 0 spiro atoms.